The third-order valence-corrected chi connectivity index (χ3v) is 5.14. The van der Waals surface area contributed by atoms with Gasteiger partial charge >= 0.3 is 0 Å². The zero-order valence-corrected chi connectivity index (χ0v) is 15.5. The Balaban J connectivity index is 1.62. The lowest BCUT2D eigenvalue weighted by Crippen LogP contribution is -2.30. The summed E-state index contributed by atoms with van der Waals surface area (Å²) < 4.78 is 11.6. The molecule has 2 aromatic rings. The van der Waals surface area contributed by atoms with Crippen LogP contribution in [0.3, 0.4) is 0 Å². The summed E-state index contributed by atoms with van der Waals surface area (Å²) in [5.74, 6) is 1.72. The van der Waals surface area contributed by atoms with Crippen LogP contribution in [0.4, 0.5) is 0 Å². The molecule has 1 atom stereocenters. The number of hydrogen-bond acceptors (Lipinski definition) is 3. The molecule has 4 nitrogen and oxygen atoms in total. The first-order valence-corrected chi connectivity index (χ1v) is 9.40. The summed E-state index contributed by atoms with van der Waals surface area (Å²) in [5.41, 5.74) is 4.16. The van der Waals surface area contributed by atoms with Crippen LogP contribution in [0.5, 0.6) is 11.5 Å². The normalized spacial score (nSPS) is 19.3. The van der Waals surface area contributed by atoms with E-state index in [9.17, 15) is 4.79 Å². The largest absolute Gasteiger partial charge is 0.490 e. The van der Waals surface area contributed by atoms with Gasteiger partial charge in [-0.05, 0) is 56.5 Å². The van der Waals surface area contributed by atoms with Crippen LogP contribution in [0.15, 0.2) is 36.4 Å². The molecule has 4 rings (SSSR count). The first-order chi connectivity index (χ1) is 12.6. The van der Waals surface area contributed by atoms with Gasteiger partial charge in [0.05, 0.1) is 19.3 Å². The van der Waals surface area contributed by atoms with Gasteiger partial charge in [0, 0.05) is 18.5 Å². The standard InChI is InChI=1S/C22H25NO3/c1-15-11-16(2)13-18(12-15)22(24)23-8-3-5-19(23)17-6-7-20-21(14-17)26-10-4-9-25-20/h6-7,11-14,19H,3-5,8-10H2,1-2H3/t19-/m0/s1. The summed E-state index contributed by atoms with van der Waals surface area (Å²) in [7, 11) is 0. The van der Waals surface area contributed by atoms with Gasteiger partial charge in [-0.3, -0.25) is 4.79 Å². The van der Waals surface area contributed by atoms with Crippen LogP contribution in [0.25, 0.3) is 0 Å². The van der Waals surface area contributed by atoms with Crippen molar-refractivity contribution < 1.29 is 14.3 Å². The summed E-state index contributed by atoms with van der Waals surface area (Å²) >= 11 is 0. The summed E-state index contributed by atoms with van der Waals surface area (Å²) in [4.78, 5) is 15.2. The van der Waals surface area contributed by atoms with Crippen LogP contribution in [0.2, 0.25) is 0 Å². The van der Waals surface area contributed by atoms with Crippen molar-refractivity contribution in [3.63, 3.8) is 0 Å². The van der Waals surface area contributed by atoms with Crippen LogP contribution in [0.1, 0.15) is 52.4 Å². The van der Waals surface area contributed by atoms with E-state index in [-0.39, 0.29) is 11.9 Å². The summed E-state index contributed by atoms with van der Waals surface area (Å²) in [6, 6.07) is 12.3. The molecular weight excluding hydrogens is 326 g/mol. The second kappa shape index (κ2) is 7.02. The van der Waals surface area contributed by atoms with E-state index >= 15 is 0 Å². The van der Waals surface area contributed by atoms with E-state index in [1.807, 2.05) is 36.9 Å². The number of hydrogen-bond donors (Lipinski definition) is 0. The number of amides is 1. The summed E-state index contributed by atoms with van der Waals surface area (Å²) in [6.45, 7) is 6.23. The van der Waals surface area contributed by atoms with E-state index in [1.165, 1.54) is 0 Å². The van der Waals surface area contributed by atoms with Gasteiger partial charge in [0.15, 0.2) is 11.5 Å². The average molecular weight is 351 g/mol. The Morgan fingerprint density at radius 3 is 2.46 bits per heavy atom. The Bertz CT molecular complexity index is 810. The maximum atomic E-state index is 13.1. The average Bonchev–Trinajstić information content (AvgIpc) is 2.98. The smallest absolute Gasteiger partial charge is 0.254 e. The molecule has 1 amide bonds. The fourth-order valence-electron chi connectivity index (χ4n) is 4.01. The second-order valence-corrected chi connectivity index (χ2v) is 7.29. The lowest BCUT2D eigenvalue weighted by atomic mass is 10.0. The summed E-state index contributed by atoms with van der Waals surface area (Å²) in [5, 5.41) is 0. The Labute approximate surface area is 154 Å². The van der Waals surface area contributed by atoms with Crippen molar-refractivity contribution in [2.75, 3.05) is 19.8 Å². The van der Waals surface area contributed by atoms with Crippen LogP contribution in [-0.2, 0) is 0 Å². The molecule has 0 aromatic heterocycles. The number of fused-ring (bicyclic) bond motifs is 1. The number of likely N-dealkylation sites (tertiary alicyclic amines) is 1. The van der Waals surface area contributed by atoms with Crippen LogP contribution in [0, 0.1) is 13.8 Å². The van der Waals surface area contributed by atoms with Crippen LogP contribution in [-0.4, -0.2) is 30.6 Å². The minimum Gasteiger partial charge on any atom is -0.490 e. The van der Waals surface area contributed by atoms with Crippen molar-refractivity contribution in [2.24, 2.45) is 0 Å². The highest BCUT2D eigenvalue weighted by Crippen LogP contribution is 2.38. The first kappa shape index (κ1) is 17.0. The molecule has 2 aliphatic rings. The van der Waals surface area contributed by atoms with Gasteiger partial charge in [-0.15, -0.1) is 0 Å². The number of carbonyl (C=O) groups excluding carboxylic acids is 1. The molecule has 2 aliphatic heterocycles. The first-order valence-electron chi connectivity index (χ1n) is 9.40. The topological polar surface area (TPSA) is 38.8 Å². The van der Waals surface area contributed by atoms with Gasteiger partial charge in [0.25, 0.3) is 5.91 Å². The zero-order chi connectivity index (χ0) is 18.1. The highest BCUT2D eigenvalue weighted by atomic mass is 16.5. The van der Waals surface area contributed by atoms with Gasteiger partial charge in [0.1, 0.15) is 0 Å². The third-order valence-electron chi connectivity index (χ3n) is 5.14. The minimum absolute atomic E-state index is 0.0977. The SMILES string of the molecule is Cc1cc(C)cc(C(=O)N2CCC[C@H]2c2ccc3c(c2)OCCCO3)c1. The minimum atomic E-state index is 0.0977. The maximum Gasteiger partial charge on any atom is 0.254 e. The highest BCUT2D eigenvalue weighted by Gasteiger charge is 2.31. The molecule has 2 heterocycles. The van der Waals surface area contributed by atoms with Gasteiger partial charge in [-0.1, -0.05) is 23.3 Å². The molecule has 2 aromatic carbocycles. The second-order valence-electron chi connectivity index (χ2n) is 7.29. The fraction of sp³-hybridized carbons (Fsp3) is 0.409. The van der Waals surface area contributed by atoms with Gasteiger partial charge in [-0.25, -0.2) is 0 Å². The predicted octanol–water partition coefficient (Wildman–Crippen LogP) is 4.44. The lowest BCUT2D eigenvalue weighted by molar-refractivity contribution is 0.0735. The molecule has 1 fully saturated rings. The lowest BCUT2D eigenvalue weighted by Gasteiger charge is -2.26. The number of rotatable bonds is 2. The Morgan fingerprint density at radius 1 is 0.962 bits per heavy atom. The quantitative estimate of drug-likeness (QED) is 0.803. The fourth-order valence-corrected chi connectivity index (χ4v) is 4.01. The van der Waals surface area contributed by atoms with Gasteiger partial charge in [0.2, 0.25) is 0 Å². The predicted molar refractivity (Wildman–Crippen MR) is 101 cm³/mol. The number of benzene rings is 2. The Morgan fingerprint density at radius 2 is 1.69 bits per heavy atom. The zero-order valence-electron chi connectivity index (χ0n) is 15.5. The van der Waals surface area contributed by atoms with E-state index < -0.39 is 0 Å². The molecule has 26 heavy (non-hydrogen) atoms. The van der Waals surface area contributed by atoms with Crippen LogP contribution >= 0.6 is 0 Å². The molecule has 136 valence electrons. The Hall–Kier alpha value is -2.49. The molecule has 0 unspecified atom stereocenters. The molecule has 0 aliphatic carbocycles. The molecule has 0 saturated carbocycles. The third kappa shape index (κ3) is 3.28. The van der Waals surface area contributed by atoms with E-state index in [2.05, 4.69) is 18.2 Å². The number of nitrogens with zero attached hydrogens (tertiary/aromatic N) is 1. The molecule has 1 saturated heterocycles. The molecule has 0 radical (unpaired) electrons. The molecule has 0 spiro atoms. The molecular formula is C22H25NO3. The van der Waals surface area contributed by atoms with Crippen molar-refractivity contribution >= 4 is 5.91 Å². The van der Waals surface area contributed by atoms with E-state index in [0.717, 1.165) is 59.6 Å². The van der Waals surface area contributed by atoms with Crippen molar-refractivity contribution in [3.8, 4) is 11.5 Å². The van der Waals surface area contributed by atoms with Gasteiger partial charge in [-0.2, -0.15) is 0 Å². The number of carbonyl (C=O) groups is 1. The highest BCUT2D eigenvalue weighted by molar-refractivity contribution is 5.95. The summed E-state index contributed by atoms with van der Waals surface area (Å²) in [6.07, 6.45) is 2.90. The maximum absolute atomic E-state index is 13.1. The monoisotopic (exact) mass is 351 g/mol. The van der Waals surface area contributed by atoms with Crippen molar-refractivity contribution in [3.05, 3.63) is 58.7 Å². The molecule has 4 heteroatoms. The van der Waals surface area contributed by atoms with Crippen molar-refractivity contribution in [2.45, 2.75) is 39.2 Å². The van der Waals surface area contributed by atoms with Crippen molar-refractivity contribution in [1.29, 1.82) is 0 Å². The van der Waals surface area contributed by atoms with E-state index in [1.54, 1.807) is 0 Å². The van der Waals surface area contributed by atoms with Crippen molar-refractivity contribution in [1.82, 2.24) is 4.90 Å². The van der Waals surface area contributed by atoms with E-state index in [4.69, 9.17) is 9.47 Å². The van der Waals surface area contributed by atoms with Crippen LogP contribution < -0.4 is 9.47 Å². The number of aryl methyl sites for hydroxylation is 2. The number of ether oxygens (including phenoxy) is 2. The van der Waals surface area contributed by atoms with Gasteiger partial charge < -0.3 is 14.4 Å². The molecule has 0 bridgehead atoms. The molecule has 0 N–H and O–H groups in total. The van der Waals surface area contributed by atoms with E-state index in [0.29, 0.717) is 13.2 Å². The Kier molecular flexibility index (Phi) is 4.58.